The number of aryl methyl sites for hydroxylation is 4. The first-order chi connectivity index (χ1) is 12.5. The zero-order valence-electron chi connectivity index (χ0n) is 16.0. The number of rotatable bonds is 6. The van der Waals surface area contributed by atoms with Gasteiger partial charge in [-0.05, 0) is 49.9 Å². The van der Waals surface area contributed by atoms with Crippen LogP contribution in [-0.2, 0) is 17.8 Å². The molecule has 0 radical (unpaired) electrons. The summed E-state index contributed by atoms with van der Waals surface area (Å²) in [4.78, 5) is 16.4. The third kappa shape index (κ3) is 3.77. The summed E-state index contributed by atoms with van der Waals surface area (Å²) in [7, 11) is 1.67. The van der Waals surface area contributed by atoms with Gasteiger partial charge in [0.2, 0.25) is 5.91 Å². The van der Waals surface area contributed by atoms with E-state index in [4.69, 9.17) is 4.98 Å². The van der Waals surface area contributed by atoms with E-state index in [2.05, 4.69) is 54.7 Å². The van der Waals surface area contributed by atoms with Gasteiger partial charge >= 0.3 is 0 Å². The number of hydrogen-bond donors (Lipinski definition) is 1. The molecule has 0 atom stereocenters. The molecular weight excluding hydrogens is 324 g/mol. The predicted molar refractivity (Wildman–Crippen MR) is 105 cm³/mol. The van der Waals surface area contributed by atoms with Crippen molar-refractivity contribution in [3.05, 3.63) is 47.3 Å². The molecule has 0 aliphatic carbocycles. The third-order valence-electron chi connectivity index (χ3n) is 4.68. The number of fused-ring (bicyclic) bond motifs is 1. The highest BCUT2D eigenvalue weighted by molar-refractivity contribution is 5.86. The van der Waals surface area contributed by atoms with Gasteiger partial charge in [-0.1, -0.05) is 19.1 Å². The summed E-state index contributed by atoms with van der Waals surface area (Å²) in [5, 5.41) is 8.41. The number of carbonyl (C=O) groups excluding carboxylic acids is 1. The average molecular weight is 350 g/mol. The fraction of sp³-hybridized carbons (Fsp3) is 0.381. The molecule has 5 nitrogen and oxygen atoms in total. The van der Waals surface area contributed by atoms with Crippen molar-refractivity contribution in [2.24, 2.45) is 0 Å². The molecule has 1 aromatic carbocycles. The van der Waals surface area contributed by atoms with Crippen LogP contribution in [-0.4, -0.2) is 27.7 Å². The monoisotopic (exact) mass is 350 g/mol. The topological polar surface area (TPSA) is 59.8 Å². The second-order valence-electron chi connectivity index (χ2n) is 6.74. The minimum atomic E-state index is 0.0574. The minimum Gasteiger partial charge on any atom is -0.359 e. The Morgan fingerprint density at radius 1 is 1.23 bits per heavy atom. The number of nitrogens with zero attached hydrogens (tertiary/aromatic N) is 3. The summed E-state index contributed by atoms with van der Waals surface area (Å²) in [5.41, 5.74) is 6.34. The van der Waals surface area contributed by atoms with E-state index in [0.717, 1.165) is 46.4 Å². The highest BCUT2D eigenvalue weighted by Crippen LogP contribution is 2.27. The Bertz CT molecular complexity index is 943. The van der Waals surface area contributed by atoms with Gasteiger partial charge in [0.25, 0.3) is 0 Å². The number of benzene rings is 1. The van der Waals surface area contributed by atoms with Crippen molar-refractivity contribution >= 4 is 16.8 Å². The van der Waals surface area contributed by atoms with Crippen LogP contribution in [0, 0.1) is 13.8 Å². The minimum absolute atomic E-state index is 0.0574. The molecule has 0 aliphatic rings. The number of nitrogens with one attached hydrogen (secondary N) is 1. The lowest BCUT2D eigenvalue weighted by atomic mass is 10.0. The second-order valence-corrected chi connectivity index (χ2v) is 6.74. The van der Waals surface area contributed by atoms with Gasteiger partial charge in [0.15, 0.2) is 0 Å². The summed E-state index contributed by atoms with van der Waals surface area (Å²) < 4.78 is 1.99. The van der Waals surface area contributed by atoms with Crippen LogP contribution in [0.25, 0.3) is 22.2 Å². The first-order valence-corrected chi connectivity index (χ1v) is 9.17. The van der Waals surface area contributed by atoms with Gasteiger partial charge in [-0.15, -0.1) is 0 Å². The van der Waals surface area contributed by atoms with E-state index in [1.807, 2.05) is 11.6 Å². The summed E-state index contributed by atoms with van der Waals surface area (Å²) in [5.74, 6) is 0.0574. The van der Waals surface area contributed by atoms with E-state index >= 15 is 0 Å². The van der Waals surface area contributed by atoms with E-state index in [1.165, 1.54) is 5.56 Å². The lowest BCUT2D eigenvalue weighted by Gasteiger charge is -2.08. The van der Waals surface area contributed by atoms with Crippen molar-refractivity contribution in [1.29, 1.82) is 0 Å². The first-order valence-electron chi connectivity index (χ1n) is 9.17. The van der Waals surface area contributed by atoms with Crippen molar-refractivity contribution in [3.8, 4) is 11.3 Å². The normalized spacial score (nSPS) is 11.1. The average Bonchev–Trinajstić information content (AvgIpc) is 3.00. The molecule has 1 N–H and O–H groups in total. The maximum atomic E-state index is 11.5. The highest BCUT2D eigenvalue weighted by Gasteiger charge is 2.12. The summed E-state index contributed by atoms with van der Waals surface area (Å²) >= 11 is 0. The number of aromatic nitrogens is 3. The fourth-order valence-electron chi connectivity index (χ4n) is 3.24. The van der Waals surface area contributed by atoms with Crippen LogP contribution in [0.5, 0.6) is 0 Å². The Hall–Kier alpha value is -2.69. The van der Waals surface area contributed by atoms with E-state index < -0.39 is 0 Å². The molecule has 2 heterocycles. The van der Waals surface area contributed by atoms with Gasteiger partial charge in [-0.25, -0.2) is 4.98 Å². The Labute approximate surface area is 154 Å². The SMILES string of the molecule is CCCn1cc(-c2cc(C)c3ccc(CCC(=O)NC)cc3n2)c(C)n1. The Morgan fingerprint density at radius 3 is 2.77 bits per heavy atom. The largest absolute Gasteiger partial charge is 0.359 e. The van der Waals surface area contributed by atoms with Crippen molar-refractivity contribution in [2.75, 3.05) is 7.05 Å². The van der Waals surface area contributed by atoms with Crippen LogP contribution in [0.2, 0.25) is 0 Å². The van der Waals surface area contributed by atoms with Crippen LogP contribution in [0.15, 0.2) is 30.5 Å². The molecule has 0 unspecified atom stereocenters. The maximum absolute atomic E-state index is 11.5. The molecule has 0 saturated heterocycles. The number of carbonyl (C=O) groups is 1. The van der Waals surface area contributed by atoms with Crippen LogP contribution < -0.4 is 5.32 Å². The molecule has 3 rings (SSSR count). The van der Waals surface area contributed by atoms with Crippen LogP contribution in [0.4, 0.5) is 0 Å². The molecule has 1 amide bonds. The van der Waals surface area contributed by atoms with Crippen molar-refractivity contribution in [3.63, 3.8) is 0 Å². The molecule has 26 heavy (non-hydrogen) atoms. The van der Waals surface area contributed by atoms with Crippen molar-refractivity contribution in [1.82, 2.24) is 20.1 Å². The standard InChI is InChI=1S/C21H26N4O/c1-5-10-25-13-18(15(3)24-25)19-11-14(2)17-8-6-16(12-20(17)23-19)7-9-21(26)22-4/h6,8,11-13H,5,7,9-10H2,1-4H3,(H,22,26). The summed E-state index contributed by atoms with van der Waals surface area (Å²) in [6.45, 7) is 7.21. The van der Waals surface area contributed by atoms with Gasteiger partial charge in [0.05, 0.1) is 16.9 Å². The Morgan fingerprint density at radius 2 is 2.04 bits per heavy atom. The zero-order valence-corrected chi connectivity index (χ0v) is 16.0. The summed E-state index contributed by atoms with van der Waals surface area (Å²) in [6.07, 6.45) is 4.35. The lowest BCUT2D eigenvalue weighted by molar-refractivity contribution is -0.120. The quantitative estimate of drug-likeness (QED) is 0.735. The number of pyridine rings is 1. The maximum Gasteiger partial charge on any atom is 0.220 e. The van der Waals surface area contributed by atoms with Gasteiger partial charge in [0.1, 0.15) is 0 Å². The predicted octanol–water partition coefficient (Wildman–Crippen LogP) is 3.80. The van der Waals surface area contributed by atoms with Crippen LogP contribution in [0.1, 0.15) is 36.6 Å². The highest BCUT2D eigenvalue weighted by atomic mass is 16.1. The van der Waals surface area contributed by atoms with Crippen molar-refractivity contribution < 1.29 is 4.79 Å². The zero-order chi connectivity index (χ0) is 18.7. The molecule has 3 aromatic rings. The third-order valence-corrected chi connectivity index (χ3v) is 4.68. The van der Waals surface area contributed by atoms with Crippen molar-refractivity contribution in [2.45, 2.75) is 46.6 Å². The smallest absolute Gasteiger partial charge is 0.220 e. The van der Waals surface area contributed by atoms with Gasteiger partial charge in [-0.3, -0.25) is 9.48 Å². The molecule has 136 valence electrons. The lowest BCUT2D eigenvalue weighted by Crippen LogP contribution is -2.17. The molecule has 0 fully saturated rings. The van der Waals surface area contributed by atoms with E-state index in [0.29, 0.717) is 12.8 Å². The number of hydrogen-bond acceptors (Lipinski definition) is 3. The molecule has 0 aliphatic heterocycles. The van der Waals surface area contributed by atoms with E-state index in [1.54, 1.807) is 7.05 Å². The van der Waals surface area contributed by atoms with E-state index in [-0.39, 0.29) is 5.91 Å². The number of amides is 1. The molecule has 0 bridgehead atoms. The fourth-order valence-corrected chi connectivity index (χ4v) is 3.24. The molecule has 0 saturated carbocycles. The Kier molecular flexibility index (Phi) is 5.35. The van der Waals surface area contributed by atoms with Gasteiger partial charge < -0.3 is 5.32 Å². The Balaban J connectivity index is 1.98. The van der Waals surface area contributed by atoms with Gasteiger partial charge in [-0.2, -0.15) is 5.10 Å². The molecule has 2 aromatic heterocycles. The summed E-state index contributed by atoms with van der Waals surface area (Å²) in [6, 6.07) is 8.42. The molecule has 5 heteroatoms. The molecular formula is C21H26N4O. The van der Waals surface area contributed by atoms with Gasteiger partial charge in [0, 0.05) is 37.2 Å². The molecule has 0 spiro atoms. The first kappa shape index (κ1) is 18.1. The van der Waals surface area contributed by atoms with Crippen LogP contribution in [0.3, 0.4) is 0 Å². The van der Waals surface area contributed by atoms with Crippen LogP contribution >= 0.6 is 0 Å². The second kappa shape index (κ2) is 7.68. The van der Waals surface area contributed by atoms with E-state index in [9.17, 15) is 4.79 Å².